The second-order valence-corrected chi connectivity index (χ2v) is 8.02. The average Bonchev–Trinajstić information content (AvgIpc) is 2.83. The molecule has 0 aromatic carbocycles. The summed E-state index contributed by atoms with van der Waals surface area (Å²) < 4.78 is 0. The van der Waals surface area contributed by atoms with Gasteiger partial charge in [-0.15, -0.1) is 0 Å². The fraction of sp³-hybridized carbons (Fsp3) is 0.737. The summed E-state index contributed by atoms with van der Waals surface area (Å²) in [6.45, 7) is 8.50. The van der Waals surface area contributed by atoms with E-state index in [4.69, 9.17) is 5.11 Å². The van der Waals surface area contributed by atoms with Crippen LogP contribution in [0.25, 0.3) is 0 Å². The van der Waals surface area contributed by atoms with Gasteiger partial charge in [0.15, 0.2) is 0 Å². The number of carboxylic acid groups (broad SMARTS) is 1. The molecule has 1 N–H and O–H groups in total. The first-order chi connectivity index (χ1) is 10.4. The molecule has 3 heteroatoms. The van der Waals surface area contributed by atoms with Gasteiger partial charge in [0.2, 0.25) is 0 Å². The molecule has 124 valence electrons. The van der Waals surface area contributed by atoms with Crippen LogP contribution in [0.3, 0.4) is 0 Å². The van der Waals surface area contributed by atoms with Crippen LogP contribution < -0.4 is 0 Å². The van der Waals surface area contributed by atoms with Crippen LogP contribution in [0.4, 0.5) is 0 Å². The van der Waals surface area contributed by atoms with Gasteiger partial charge in [0, 0.05) is 5.57 Å². The van der Waals surface area contributed by atoms with E-state index in [1.807, 2.05) is 0 Å². The lowest BCUT2D eigenvalue weighted by Crippen LogP contribution is -2.35. The maximum atomic E-state index is 10.8. The van der Waals surface area contributed by atoms with Crippen molar-refractivity contribution in [1.82, 2.24) is 0 Å². The quantitative estimate of drug-likeness (QED) is 0.589. The van der Waals surface area contributed by atoms with Crippen LogP contribution in [-0.4, -0.2) is 11.1 Å². The zero-order valence-electron chi connectivity index (χ0n) is 13.9. The van der Waals surface area contributed by atoms with Crippen LogP contribution in [0.1, 0.15) is 65.2 Å². The lowest BCUT2D eigenvalue weighted by molar-refractivity contribution is -0.132. The van der Waals surface area contributed by atoms with E-state index in [0.717, 1.165) is 24.7 Å². The monoisotopic (exact) mass is 368 g/mol. The molecule has 3 unspecified atom stereocenters. The van der Waals surface area contributed by atoms with Gasteiger partial charge in [-0.25, -0.2) is 4.79 Å². The Kier molecular flexibility index (Phi) is 5.93. The van der Waals surface area contributed by atoms with Crippen LogP contribution in [0, 0.1) is 23.2 Å². The Morgan fingerprint density at radius 3 is 2.91 bits per heavy atom. The number of fused-ring (bicyclic) bond motifs is 1. The van der Waals surface area contributed by atoms with E-state index in [0.29, 0.717) is 23.3 Å². The van der Waals surface area contributed by atoms with E-state index >= 15 is 0 Å². The molecule has 0 saturated heterocycles. The number of hydrogen-bond acceptors (Lipinski definition) is 1. The van der Waals surface area contributed by atoms with Crippen molar-refractivity contribution in [3.8, 4) is 0 Å². The molecule has 2 nitrogen and oxygen atoms in total. The highest BCUT2D eigenvalue weighted by atomic mass is 79.9. The third kappa shape index (κ3) is 3.50. The molecule has 22 heavy (non-hydrogen) atoms. The summed E-state index contributed by atoms with van der Waals surface area (Å²) in [4.78, 5) is 13.0. The standard InChI is InChI=1S/C19H29BrO2/c1-13(6-4-7-14(2)18(21)22)16-9-10-17-15(12-20)8-5-11-19(16,17)3/h12-13,16-17H,2,4-11H2,1,3H3,(H,21,22)/b15-12+/t13-,16?,17?,19?/m1/s1. The molecular formula is C19H29BrO2. The summed E-state index contributed by atoms with van der Waals surface area (Å²) in [5, 5.41) is 8.90. The lowest BCUT2D eigenvalue weighted by atomic mass is 9.61. The molecule has 0 amide bonds. The highest BCUT2D eigenvalue weighted by Gasteiger charge is 2.50. The first-order valence-electron chi connectivity index (χ1n) is 8.60. The number of carbonyl (C=O) groups is 1. The zero-order chi connectivity index (χ0) is 16.3. The van der Waals surface area contributed by atoms with Crippen molar-refractivity contribution in [3.63, 3.8) is 0 Å². The molecule has 0 aromatic heterocycles. The van der Waals surface area contributed by atoms with Gasteiger partial charge in [0.25, 0.3) is 0 Å². The molecule has 0 aliphatic heterocycles. The summed E-state index contributed by atoms with van der Waals surface area (Å²) in [5.41, 5.74) is 2.41. The van der Waals surface area contributed by atoms with Crippen molar-refractivity contribution in [2.45, 2.75) is 65.2 Å². The SMILES string of the molecule is C=C(CCC[C@@H](C)C1CCC2/C(=C/Br)CCCC21C)C(=O)O. The third-order valence-corrected chi connectivity index (χ3v) is 6.89. The Hall–Kier alpha value is -0.570. The minimum absolute atomic E-state index is 0.352. The van der Waals surface area contributed by atoms with Crippen LogP contribution in [0.5, 0.6) is 0 Å². The highest BCUT2D eigenvalue weighted by molar-refractivity contribution is 9.11. The van der Waals surface area contributed by atoms with E-state index in [2.05, 4.69) is 41.3 Å². The van der Waals surface area contributed by atoms with Crippen molar-refractivity contribution in [2.24, 2.45) is 23.2 Å². The molecule has 0 radical (unpaired) electrons. The molecule has 2 fully saturated rings. The molecule has 0 spiro atoms. The van der Waals surface area contributed by atoms with E-state index in [1.54, 1.807) is 5.57 Å². The Morgan fingerprint density at radius 2 is 2.27 bits per heavy atom. The second kappa shape index (κ2) is 7.33. The van der Waals surface area contributed by atoms with Crippen molar-refractivity contribution in [1.29, 1.82) is 0 Å². The molecule has 2 rings (SSSR count). The van der Waals surface area contributed by atoms with Gasteiger partial charge < -0.3 is 5.11 Å². The van der Waals surface area contributed by atoms with Gasteiger partial charge in [0.05, 0.1) is 0 Å². The van der Waals surface area contributed by atoms with E-state index < -0.39 is 5.97 Å². The second-order valence-electron chi connectivity index (χ2n) is 7.56. The fourth-order valence-electron chi connectivity index (χ4n) is 5.09. The van der Waals surface area contributed by atoms with Crippen molar-refractivity contribution < 1.29 is 9.90 Å². The number of rotatable bonds is 6. The summed E-state index contributed by atoms with van der Waals surface area (Å²) in [6.07, 6.45) is 9.25. The van der Waals surface area contributed by atoms with Gasteiger partial charge in [-0.05, 0) is 73.1 Å². The summed E-state index contributed by atoms with van der Waals surface area (Å²) in [6, 6.07) is 0. The van der Waals surface area contributed by atoms with Crippen molar-refractivity contribution in [3.05, 3.63) is 22.7 Å². The van der Waals surface area contributed by atoms with E-state index in [9.17, 15) is 4.79 Å². The maximum absolute atomic E-state index is 10.8. The van der Waals surface area contributed by atoms with Crippen molar-refractivity contribution in [2.75, 3.05) is 0 Å². The summed E-state index contributed by atoms with van der Waals surface area (Å²) in [7, 11) is 0. The topological polar surface area (TPSA) is 37.3 Å². The molecule has 4 atom stereocenters. The minimum atomic E-state index is -0.847. The summed E-state index contributed by atoms with van der Waals surface area (Å²) in [5.74, 6) is 1.35. The molecule has 2 aliphatic carbocycles. The zero-order valence-corrected chi connectivity index (χ0v) is 15.5. The Morgan fingerprint density at radius 1 is 1.55 bits per heavy atom. The van der Waals surface area contributed by atoms with Crippen LogP contribution >= 0.6 is 15.9 Å². The third-order valence-electron chi connectivity index (χ3n) is 6.31. The summed E-state index contributed by atoms with van der Waals surface area (Å²) >= 11 is 3.57. The molecule has 0 bridgehead atoms. The molecule has 2 aliphatic rings. The number of carboxylic acids is 1. The predicted molar refractivity (Wildman–Crippen MR) is 95.0 cm³/mol. The highest BCUT2D eigenvalue weighted by Crippen LogP contribution is 2.59. The normalized spacial score (nSPS) is 34.4. The molecule has 2 saturated carbocycles. The van der Waals surface area contributed by atoms with Crippen LogP contribution in [0.2, 0.25) is 0 Å². The first kappa shape index (κ1) is 17.8. The van der Waals surface area contributed by atoms with Crippen LogP contribution in [0.15, 0.2) is 22.7 Å². The Labute approximate surface area is 143 Å². The average molecular weight is 369 g/mol. The van der Waals surface area contributed by atoms with Gasteiger partial charge in [0.1, 0.15) is 0 Å². The number of halogens is 1. The van der Waals surface area contributed by atoms with Crippen molar-refractivity contribution >= 4 is 21.9 Å². The van der Waals surface area contributed by atoms with Crippen LogP contribution in [-0.2, 0) is 4.79 Å². The van der Waals surface area contributed by atoms with Gasteiger partial charge in [-0.1, -0.05) is 48.4 Å². The van der Waals surface area contributed by atoms with Gasteiger partial charge in [-0.3, -0.25) is 0 Å². The minimum Gasteiger partial charge on any atom is -0.478 e. The number of aliphatic carboxylic acids is 1. The van der Waals surface area contributed by atoms with Gasteiger partial charge >= 0.3 is 5.97 Å². The van der Waals surface area contributed by atoms with Gasteiger partial charge in [-0.2, -0.15) is 0 Å². The first-order valence-corrected chi connectivity index (χ1v) is 9.52. The van der Waals surface area contributed by atoms with E-state index in [-0.39, 0.29) is 0 Å². The predicted octanol–water partition coefficient (Wildman–Crippen LogP) is 5.93. The Bertz CT molecular complexity index is 468. The smallest absolute Gasteiger partial charge is 0.330 e. The molecule has 0 aromatic rings. The largest absolute Gasteiger partial charge is 0.478 e. The molecular weight excluding hydrogens is 340 g/mol. The maximum Gasteiger partial charge on any atom is 0.330 e. The number of hydrogen-bond donors (Lipinski definition) is 1. The number of allylic oxidation sites excluding steroid dienone is 1. The van der Waals surface area contributed by atoms with E-state index in [1.165, 1.54) is 32.1 Å². The molecule has 0 heterocycles. The Balaban J connectivity index is 1.95. The lowest BCUT2D eigenvalue weighted by Gasteiger charge is -2.44. The fourth-order valence-corrected chi connectivity index (χ4v) is 5.64.